The highest BCUT2D eigenvalue weighted by Crippen LogP contribution is 2.04. The maximum Gasteiger partial charge on any atom is 0.227 e. The predicted molar refractivity (Wildman–Crippen MR) is 53.8 cm³/mol. The van der Waals surface area contributed by atoms with Crippen LogP contribution in [0.1, 0.15) is 19.7 Å². The SMILES string of the molecule is CC(C)Nc1nc(N)nc(CCO)n1. The second-order valence-electron chi connectivity index (χ2n) is 3.21. The van der Waals surface area contributed by atoms with Crippen molar-refractivity contribution < 1.29 is 5.11 Å². The van der Waals surface area contributed by atoms with Crippen LogP contribution in [0.5, 0.6) is 0 Å². The zero-order valence-electron chi connectivity index (χ0n) is 8.36. The van der Waals surface area contributed by atoms with Gasteiger partial charge in [0.05, 0.1) is 6.61 Å². The van der Waals surface area contributed by atoms with E-state index >= 15 is 0 Å². The molecule has 0 saturated carbocycles. The zero-order valence-corrected chi connectivity index (χ0v) is 8.36. The van der Waals surface area contributed by atoms with Crippen molar-refractivity contribution >= 4 is 11.9 Å². The summed E-state index contributed by atoms with van der Waals surface area (Å²) in [5, 5.41) is 11.7. The van der Waals surface area contributed by atoms with E-state index < -0.39 is 0 Å². The number of nitrogen functional groups attached to an aromatic ring is 1. The van der Waals surface area contributed by atoms with Gasteiger partial charge in [-0.05, 0) is 13.8 Å². The summed E-state index contributed by atoms with van der Waals surface area (Å²) in [7, 11) is 0. The van der Waals surface area contributed by atoms with Crippen LogP contribution >= 0.6 is 0 Å². The van der Waals surface area contributed by atoms with Gasteiger partial charge in [0.1, 0.15) is 5.82 Å². The molecule has 0 spiro atoms. The molecule has 0 radical (unpaired) electrons. The van der Waals surface area contributed by atoms with Crippen LogP contribution in [0, 0.1) is 0 Å². The molecule has 0 bridgehead atoms. The van der Waals surface area contributed by atoms with Gasteiger partial charge in [-0.25, -0.2) is 0 Å². The fourth-order valence-corrected chi connectivity index (χ4v) is 0.973. The fourth-order valence-electron chi connectivity index (χ4n) is 0.973. The van der Waals surface area contributed by atoms with Crippen LogP contribution in [0.25, 0.3) is 0 Å². The van der Waals surface area contributed by atoms with Gasteiger partial charge in [-0.3, -0.25) is 0 Å². The molecule has 0 aliphatic carbocycles. The molecular weight excluding hydrogens is 182 g/mol. The zero-order chi connectivity index (χ0) is 10.6. The highest BCUT2D eigenvalue weighted by molar-refractivity contribution is 5.31. The number of nitrogens with one attached hydrogen (secondary N) is 1. The standard InChI is InChI=1S/C8H15N5O/c1-5(2)10-8-12-6(3-4-14)11-7(9)13-8/h5,14H,3-4H2,1-2H3,(H3,9,10,11,12,13). The number of nitrogens with two attached hydrogens (primary N) is 1. The Balaban J connectivity index is 2.83. The molecule has 0 unspecified atom stereocenters. The van der Waals surface area contributed by atoms with Crippen molar-refractivity contribution in [3.8, 4) is 0 Å². The van der Waals surface area contributed by atoms with E-state index in [4.69, 9.17) is 10.8 Å². The van der Waals surface area contributed by atoms with Crippen LogP contribution in [0.4, 0.5) is 11.9 Å². The largest absolute Gasteiger partial charge is 0.396 e. The molecule has 0 amide bonds. The van der Waals surface area contributed by atoms with Gasteiger partial charge in [0.25, 0.3) is 0 Å². The molecule has 0 saturated heterocycles. The summed E-state index contributed by atoms with van der Waals surface area (Å²) in [5.41, 5.74) is 5.48. The number of nitrogens with zero attached hydrogens (tertiary/aromatic N) is 3. The number of aromatic nitrogens is 3. The van der Waals surface area contributed by atoms with Crippen LogP contribution < -0.4 is 11.1 Å². The highest BCUT2D eigenvalue weighted by atomic mass is 16.3. The number of anilines is 2. The molecular formula is C8H15N5O. The highest BCUT2D eigenvalue weighted by Gasteiger charge is 2.04. The van der Waals surface area contributed by atoms with Gasteiger partial charge in [0.15, 0.2) is 0 Å². The number of aliphatic hydroxyl groups is 1. The minimum Gasteiger partial charge on any atom is -0.396 e. The van der Waals surface area contributed by atoms with E-state index in [1.165, 1.54) is 0 Å². The molecule has 1 rings (SSSR count). The van der Waals surface area contributed by atoms with E-state index in [1.807, 2.05) is 13.8 Å². The van der Waals surface area contributed by atoms with E-state index in [9.17, 15) is 0 Å². The van der Waals surface area contributed by atoms with E-state index in [1.54, 1.807) is 0 Å². The van der Waals surface area contributed by atoms with E-state index in [2.05, 4.69) is 20.3 Å². The van der Waals surface area contributed by atoms with E-state index in [0.29, 0.717) is 18.2 Å². The second-order valence-corrected chi connectivity index (χ2v) is 3.21. The Morgan fingerprint density at radius 2 is 2.07 bits per heavy atom. The van der Waals surface area contributed by atoms with E-state index in [-0.39, 0.29) is 18.6 Å². The monoisotopic (exact) mass is 197 g/mol. The molecule has 78 valence electrons. The van der Waals surface area contributed by atoms with Crippen LogP contribution in [0.2, 0.25) is 0 Å². The number of hydrogen-bond acceptors (Lipinski definition) is 6. The molecule has 0 aromatic carbocycles. The van der Waals surface area contributed by atoms with Gasteiger partial charge in [0, 0.05) is 12.5 Å². The van der Waals surface area contributed by atoms with Crippen molar-refractivity contribution in [3.05, 3.63) is 5.82 Å². The molecule has 6 nitrogen and oxygen atoms in total. The molecule has 1 aromatic rings. The lowest BCUT2D eigenvalue weighted by molar-refractivity contribution is 0.296. The van der Waals surface area contributed by atoms with Gasteiger partial charge in [-0.1, -0.05) is 0 Å². The first kappa shape index (κ1) is 10.6. The molecule has 0 atom stereocenters. The smallest absolute Gasteiger partial charge is 0.227 e. The molecule has 0 aliphatic heterocycles. The molecule has 0 aliphatic rings. The third-order valence-electron chi connectivity index (χ3n) is 1.45. The first-order valence-corrected chi connectivity index (χ1v) is 4.49. The van der Waals surface area contributed by atoms with Gasteiger partial charge in [0.2, 0.25) is 11.9 Å². The predicted octanol–water partition coefficient (Wildman–Crippen LogP) is -0.191. The van der Waals surface area contributed by atoms with Crippen LogP contribution in [-0.2, 0) is 6.42 Å². The minimum absolute atomic E-state index is 0.00454. The first-order chi connectivity index (χ1) is 6.61. The normalized spacial score (nSPS) is 10.6. The Morgan fingerprint density at radius 1 is 1.36 bits per heavy atom. The lowest BCUT2D eigenvalue weighted by Crippen LogP contribution is -2.15. The van der Waals surface area contributed by atoms with Gasteiger partial charge < -0.3 is 16.2 Å². The Hall–Kier alpha value is -1.43. The average molecular weight is 197 g/mol. The second kappa shape index (κ2) is 4.71. The lowest BCUT2D eigenvalue weighted by Gasteiger charge is -2.08. The molecule has 4 N–H and O–H groups in total. The van der Waals surface area contributed by atoms with Crippen LogP contribution in [0.3, 0.4) is 0 Å². The number of aliphatic hydroxyl groups excluding tert-OH is 1. The van der Waals surface area contributed by atoms with Gasteiger partial charge >= 0.3 is 0 Å². The van der Waals surface area contributed by atoms with Gasteiger partial charge in [-0.2, -0.15) is 15.0 Å². The Labute approximate surface area is 82.6 Å². The molecule has 14 heavy (non-hydrogen) atoms. The van der Waals surface area contributed by atoms with Crippen molar-refractivity contribution in [1.29, 1.82) is 0 Å². The molecule has 6 heteroatoms. The number of hydrogen-bond donors (Lipinski definition) is 3. The van der Waals surface area contributed by atoms with Crippen molar-refractivity contribution in [2.75, 3.05) is 17.7 Å². The summed E-state index contributed by atoms with van der Waals surface area (Å²) in [5.74, 6) is 1.13. The molecule has 1 aromatic heterocycles. The summed E-state index contributed by atoms with van der Waals surface area (Å²) in [6.45, 7) is 3.96. The van der Waals surface area contributed by atoms with Crippen LogP contribution in [0.15, 0.2) is 0 Å². The molecule has 1 heterocycles. The quantitative estimate of drug-likeness (QED) is 0.619. The lowest BCUT2D eigenvalue weighted by atomic mass is 10.4. The maximum absolute atomic E-state index is 8.72. The van der Waals surface area contributed by atoms with Crippen molar-refractivity contribution in [3.63, 3.8) is 0 Å². The van der Waals surface area contributed by atoms with Crippen molar-refractivity contribution in [2.24, 2.45) is 0 Å². The summed E-state index contributed by atoms with van der Waals surface area (Å²) < 4.78 is 0. The third kappa shape index (κ3) is 3.14. The minimum atomic E-state index is 0.00454. The Morgan fingerprint density at radius 3 is 2.64 bits per heavy atom. The summed E-state index contributed by atoms with van der Waals surface area (Å²) >= 11 is 0. The van der Waals surface area contributed by atoms with Gasteiger partial charge in [-0.15, -0.1) is 0 Å². The van der Waals surface area contributed by atoms with Crippen molar-refractivity contribution in [2.45, 2.75) is 26.3 Å². The van der Waals surface area contributed by atoms with Crippen LogP contribution in [-0.4, -0.2) is 32.7 Å². The number of rotatable bonds is 4. The first-order valence-electron chi connectivity index (χ1n) is 4.49. The maximum atomic E-state index is 8.72. The summed E-state index contributed by atoms with van der Waals surface area (Å²) in [4.78, 5) is 11.9. The summed E-state index contributed by atoms with van der Waals surface area (Å²) in [6, 6.07) is 0.235. The third-order valence-corrected chi connectivity index (χ3v) is 1.45. The Bertz CT molecular complexity index is 302. The van der Waals surface area contributed by atoms with E-state index in [0.717, 1.165) is 0 Å². The Kier molecular flexibility index (Phi) is 3.58. The van der Waals surface area contributed by atoms with Crippen molar-refractivity contribution in [1.82, 2.24) is 15.0 Å². The topological polar surface area (TPSA) is 97.0 Å². The molecule has 0 fully saturated rings. The average Bonchev–Trinajstić information content (AvgIpc) is 2.01. The summed E-state index contributed by atoms with van der Waals surface area (Å²) in [6.07, 6.45) is 0.388. The fraction of sp³-hybridized carbons (Fsp3) is 0.625.